The summed E-state index contributed by atoms with van der Waals surface area (Å²) in [6, 6.07) is 64.1. The lowest BCUT2D eigenvalue weighted by molar-refractivity contribution is 0.673. The molecule has 0 radical (unpaired) electrons. The van der Waals surface area contributed by atoms with Crippen LogP contribution < -0.4 is 0 Å². The molecule has 5 nitrogen and oxygen atoms in total. The first-order valence-electron chi connectivity index (χ1n) is 18.6. The second-order valence-electron chi connectivity index (χ2n) is 14.1. The number of fused-ring (bicyclic) bond motifs is 12. The minimum Gasteiger partial charge on any atom is -0.455 e. The Morgan fingerprint density at radius 3 is 1.91 bits per heavy atom. The van der Waals surface area contributed by atoms with Crippen molar-refractivity contribution in [1.29, 1.82) is 0 Å². The zero-order chi connectivity index (χ0) is 36.0. The molecule has 0 atom stereocenters. The molecule has 5 heteroatoms. The second kappa shape index (κ2) is 11.5. The summed E-state index contributed by atoms with van der Waals surface area (Å²) < 4.78 is 11.6. The van der Waals surface area contributed by atoms with Crippen molar-refractivity contribution in [1.82, 2.24) is 19.1 Å². The highest BCUT2D eigenvalue weighted by Crippen LogP contribution is 2.45. The molecule has 0 saturated heterocycles. The Bertz CT molecular complexity index is 3480. The van der Waals surface area contributed by atoms with E-state index in [-0.39, 0.29) is 0 Å². The van der Waals surface area contributed by atoms with Crippen LogP contribution in [0.4, 0.5) is 0 Å². The van der Waals surface area contributed by atoms with Crippen LogP contribution in [0.5, 0.6) is 0 Å². The summed E-state index contributed by atoms with van der Waals surface area (Å²) in [4.78, 5) is 10.4. The molecule has 0 saturated carbocycles. The third kappa shape index (κ3) is 4.35. The molecule has 4 heterocycles. The SMILES string of the molecule is c1ccc(-c2nc(-c3cccc(-n4c5ccc6c7ccccc7oc6c5c5ccc6c7ccccc7n(-c7ccccc7)c6c54)c3)nc3ccccc23)cc1. The largest absolute Gasteiger partial charge is 0.455 e. The number of aromatic nitrogens is 4. The normalized spacial score (nSPS) is 12.0. The molecule has 55 heavy (non-hydrogen) atoms. The fourth-order valence-corrected chi connectivity index (χ4v) is 8.73. The minimum atomic E-state index is 0.684. The summed E-state index contributed by atoms with van der Waals surface area (Å²) in [5.41, 5.74) is 12.2. The van der Waals surface area contributed by atoms with Gasteiger partial charge in [0, 0.05) is 54.8 Å². The van der Waals surface area contributed by atoms with Crippen LogP contribution in [0.25, 0.3) is 110 Å². The Hall–Kier alpha value is -7.50. The maximum atomic E-state index is 6.76. The summed E-state index contributed by atoms with van der Waals surface area (Å²) in [5, 5.41) is 7.88. The molecular weight excluding hydrogens is 673 g/mol. The molecular formula is C50H30N4O. The van der Waals surface area contributed by atoms with Gasteiger partial charge in [0.25, 0.3) is 0 Å². The molecule has 256 valence electrons. The van der Waals surface area contributed by atoms with E-state index in [1.807, 2.05) is 18.2 Å². The molecule has 0 aliphatic rings. The van der Waals surface area contributed by atoms with Crippen LogP contribution in [-0.4, -0.2) is 19.1 Å². The van der Waals surface area contributed by atoms with Gasteiger partial charge in [-0.15, -0.1) is 0 Å². The van der Waals surface area contributed by atoms with Crippen molar-refractivity contribution in [2.75, 3.05) is 0 Å². The van der Waals surface area contributed by atoms with Crippen molar-refractivity contribution >= 4 is 76.5 Å². The molecule has 12 aromatic rings. The van der Waals surface area contributed by atoms with Gasteiger partial charge in [-0.25, -0.2) is 9.97 Å². The van der Waals surface area contributed by atoms with Crippen molar-refractivity contribution in [3.05, 3.63) is 182 Å². The molecule has 8 aromatic carbocycles. The Morgan fingerprint density at radius 1 is 0.400 bits per heavy atom. The molecule has 0 aliphatic carbocycles. The lowest BCUT2D eigenvalue weighted by Gasteiger charge is -2.14. The van der Waals surface area contributed by atoms with Crippen LogP contribution in [0, 0.1) is 0 Å². The topological polar surface area (TPSA) is 48.8 Å². The third-order valence-corrected chi connectivity index (χ3v) is 11.1. The van der Waals surface area contributed by atoms with E-state index in [0.717, 1.165) is 93.9 Å². The molecule has 0 unspecified atom stereocenters. The fourth-order valence-electron chi connectivity index (χ4n) is 8.73. The molecule has 0 aliphatic heterocycles. The summed E-state index contributed by atoms with van der Waals surface area (Å²) in [7, 11) is 0. The van der Waals surface area contributed by atoms with Crippen LogP contribution in [0.3, 0.4) is 0 Å². The van der Waals surface area contributed by atoms with Gasteiger partial charge in [0.05, 0.1) is 38.7 Å². The molecule has 0 spiro atoms. The van der Waals surface area contributed by atoms with Crippen molar-refractivity contribution in [2.45, 2.75) is 0 Å². The highest BCUT2D eigenvalue weighted by atomic mass is 16.3. The number of benzene rings is 8. The number of rotatable bonds is 4. The smallest absolute Gasteiger partial charge is 0.160 e. The number of hydrogen-bond donors (Lipinski definition) is 0. The van der Waals surface area contributed by atoms with Crippen LogP contribution >= 0.6 is 0 Å². The first kappa shape index (κ1) is 30.0. The number of hydrogen-bond acceptors (Lipinski definition) is 3. The van der Waals surface area contributed by atoms with Crippen LogP contribution in [-0.2, 0) is 0 Å². The highest BCUT2D eigenvalue weighted by Gasteiger charge is 2.24. The number of furan rings is 1. The molecule has 4 aromatic heterocycles. The average molecular weight is 703 g/mol. The van der Waals surface area contributed by atoms with Gasteiger partial charge in [0.2, 0.25) is 0 Å². The maximum Gasteiger partial charge on any atom is 0.160 e. The summed E-state index contributed by atoms with van der Waals surface area (Å²) >= 11 is 0. The lowest BCUT2D eigenvalue weighted by atomic mass is 10.1. The van der Waals surface area contributed by atoms with Crippen molar-refractivity contribution in [3.8, 4) is 34.0 Å². The van der Waals surface area contributed by atoms with E-state index in [2.05, 4.69) is 173 Å². The minimum absolute atomic E-state index is 0.684. The van der Waals surface area contributed by atoms with Gasteiger partial charge in [-0.3, -0.25) is 0 Å². The lowest BCUT2D eigenvalue weighted by Crippen LogP contribution is -2.00. The first-order valence-corrected chi connectivity index (χ1v) is 18.6. The average Bonchev–Trinajstić information content (AvgIpc) is 3.92. The Labute approximate surface area is 315 Å². The molecule has 0 bridgehead atoms. The first-order chi connectivity index (χ1) is 27.3. The number of nitrogens with zero attached hydrogens (tertiary/aromatic N) is 4. The van der Waals surface area contributed by atoms with Gasteiger partial charge < -0.3 is 13.6 Å². The van der Waals surface area contributed by atoms with Crippen molar-refractivity contribution in [3.63, 3.8) is 0 Å². The fraction of sp³-hybridized carbons (Fsp3) is 0. The highest BCUT2D eigenvalue weighted by molar-refractivity contribution is 6.29. The van der Waals surface area contributed by atoms with Crippen LogP contribution in [0.15, 0.2) is 186 Å². The van der Waals surface area contributed by atoms with E-state index in [9.17, 15) is 0 Å². The molecule has 12 rings (SSSR count). The van der Waals surface area contributed by atoms with Crippen LogP contribution in [0.2, 0.25) is 0 Å². The van der Waals surface area contributed by atoms with E-state index >= 15 is 0 Å². The van der Waals surface area contributed by atoms with E-state index in [1.54, 1.807) is 0 Å². The van der Waals surface area contributed by atoms with Gasteiger partial charge in [0.15, 0.2) is 5.82 Å². The quantitative estimate of drug-likeness (QED) is 0.183. The Morgan fingerprint density at radius 2 is 1.04 bits per heavy atom. The molecule has 0 amide bonds. The molecule has 0 fully saturated rings. The summed E-state index contributed by atoms with van der Waals surface area (Å²) in [6.07, 6.45) is 0. The standard InChI is InChI=1S/C50H30N4O/c1-3-14-31(15-4-1)46-39-22-7-10-23-41(39)51-50(52-46)32-16-13-19-34(30-32)54-43-29-28-38-36-21-9-12-25-44(36)55-49(38)45(43)40-27-26-37-35-20-8-11-24-42(35)53(47(37)48(40)54)33-17-5-2-6-18-33/h1-30H. The number of para-hydroxylation sites is 4. The zero-order valence-electron chi connectivity index (χ0n) is 29.5. The van der Waals surface area contributed by atoms with Crippen molar-refractivity contribution < 1.29 is 4.42 Å². The van der Waals surface area contributed by atoms with E-state index in [1.165, 1.54) is 10.8 Å². The van der Waals surface area contributed by atoms with Gasteiger partial charge in [0.1, 0.15) is 11.2 Å². The Kier molecular flexibility index (Phi) is 6.27. The van der Waals surface area contributed by atoms with E-state index < -0.39 is 0 Å². The Balaban J connectivity index is 1.22. The van der Waals surface area contributed by atoms with E-state index in [0.29, 0.717) is 5.82 Å². The van der Waals surface area contributed by atoms with Gasteiger partial charge in [-0.2, -0.15) is 0 Å². The van der Waals surface area contributed by atoms with Gasteiger partial charge in [-0.05, 0) is 54.6 Å². The van der Waals surface area contributed by atoms with Crippen LogP contribution in [0.1, 0.15) is 0 Å². The van der Waals surface area contributed by atoms with Gasteiger partial charge in [-0.1, -0.05) is 127 Å². The van der Waals surface area contributed by atoms with Crippen molar-refractivity contribution in [2.24, 2.45) is 0 Å². The predicted molar refractivity (Wildman–Crippen MR) is 226 cm³/mol. The third-order valence-electron chi connectivity index (χ3n) is 11.1. The van der Waals surface area contributed by atoms with Gasteiger partial charge >= 0.3 is 0 Å². The van der Waals surface area contributed by atoms with E-state index in [4.69, 9.17) is 14.4 Å². The summed E-state index contributed by atoms with van der Waals surface area (Å²) in [6.45, 7) is 0. The molecule has 0 N–H and O–H groups in total. The predicted octanol–water partition coefficient (Wildman–Crippen LogP) is 13.1. The second-order valence-corrected chi connectivity index (χ2v) is 14.1. The maximum absolute atomic E-state index is 6.76. The summed E-state index contributed by atoms with van der Waals surface area (Å²) in [5.74, 6) is 0.684. The zero-order valence-corrected chi connectivity index (χ0v) is 29.5. The monoisotopic (exact) mass is 702 g/mol.